The van der Waals surface area contributed by atoms with Crippen molar-refractivity contribution in [3.63, 3.8) is 0 Å². The molecule has 88 valence electrons. The first-order chi connectivity index (χ1) is 7.50. The number of carboxylic acid groups (broad SMARTS) is 1. The predicted octanol–water partition coefficient (Wildman–Crippen LogP) is 0.945. The minimum absolute atomic E-state index is 0.0911. The zero-order valence-corrected chi connectivity index (χ0v) is 9.42. The van der Waals surface area contributed by atoms with E-state index >= 15 is 0 Å². The van der Waals surface area contributed by atoms with Crippen LogP contribution in [0.3, 0.4) is 0 Å². The first-order valence-electron chi connectivity index (χ1n) is 5.28. The van der Waals surface area contributed by atoms with Crippen molar-refractivity contribution >= 4 is 11.8 Å². The Labute approximate surface area is 93.6 Å². The van der Waals surface area contributed by atoms with Gasteiger partial charge >= 0.3 is 6.09 Å². The Kier molecular flexibility index (Phi) is 2.49. The van der Waals surface area contributed by atoms with Crippen LogP contribution in [0.15, 0.2) is 6.20 Å². The van der Waals surface area contributed by atoms with Gasteiger partial charge in [0.1, 0.15) is 0 Å². The van der Waals surface area contributed by atoms with Crippen molar-refractivity contribution in [2.75, 3.05) is 18.8 Å². The third kappa shape index (κ3) is 1.60. The van der Waals surface area contributed by atoms with Crippen molar-refractivity contribution < 1.29 is 9.90 Å². The molecule has 2 atom stereocenters. The van der Waals surface area contributed by atoms with Gasteiger partial charge in [-0.25, -0.2) is 4.79 Å². The van der Waals surface area contributed by atoms with Crippen LogP contribution in [0, 0.1) is 12.8 Å². The van der Waals surface area contributed by atoms with E-state index in [9.17, 15) is 4.79 Å². The van der Waals surface area contributed by atoms with Gasteiger partial charge in [-0.1, -0.05) is 6.92 Å². The third-order valence-corrected chi connectivity index (χ3v) is 3.24. The van der Waals surface area contributed by atoms with E-state index in [0.29, 0.717) is 18.8 Å². The number of rotatable bonds is 1. The summed E-state index contributed by atoms with van der Waals surface area (Å²) in [6, 6.07) is 0.0911. The quantitative estimate of drug-likeness (QED) is 0.743. The van der Waals surface area contributed by atoms with Gasteiger partial charge in [0.05, 0.1) is 23.6 Å². The van der Waals surface area contributed by atoms with Gasteiger partial charge in [0, 0.05) is 13.1 Å². The van der Waals surface area contributed by atoms with E-state index in [2.05, 4.69) is 5.10 Å². The van der Waals surface area contributed by atoms with Gasteiger partial charge in [-0.2, -0.15) is 5.10 Å². The average molecular weight is 224 g/mol. The highest BCUT2D eigenvalue weighted by molar-refractivity contribution is 5.65. The number of hydrogen-bond acceptors (Lipinski definition) is 3. The van der Waals surface area contributed by atoms with E-state index < -0.39 is 6.09 Å². The smallest absolute Gasteiger partial charge is 0.407 e. The van der Waals surface area contributed by atoms with Gasteiger partial charge in [0.15, 0.2) is 0 Å². The summed E-state index contributed by atoms with van der Waals surface area (Å²) < 4.78 is 1.84. The molecule has 3 N–H and O–H groups in total. The number of carbonyl (C=O) groups is 1. The molecular weight excluding hydrogens is 208 g/mol. The fourth-order valence-corrected chi connectivity index (χ4v) is 2.20. The number of aromatic nitrogens is 2. The lowest BCUT2D eigenvalue weighted by atomic mass is 10.1. The largest absolute Gasteiger partial charge is 0.465 e. The van der Waals surface area contributed by atoms with Crippen LogP contribution in [0.2, 0.25) is 0 Å². The van der Waals surface area contributed by atoms with E-state index in [0.717, 1.165) is 5.69 Å². The van der Waals surface area contributed by atoms with Crippen molar-refractivity contribution in [3.8, 4) is 0 Å². The van der Waals surface area contributed by atoms with Crippen molar-refractivity contribution in [3.05, 3.63) is 11.9 Å². The normalized spacial score (nSPS) is 25.0. The summed E-state index contributed by atoms with van der Waals surface area (Å²) in [6.45, 7) is 4.97. The van der Waals surface area contributed by atoms with Gasteiger partial charge in [-0.3, -0.25) is 4.68 Å². The maximum Gasteiger partial charge on any atom is 0.407 e. The molecule has 6 heteroatoms. The molecule has 1 saturated heterocycles. The van der Waals surface area contributed by atoms with E-state index in [4.69, 9.17) is 10.8 Å². The molecule has 1 aliphatic heterocycles. The van der Waals surface area contributed by atoms with Crippen LogP contribution in [-0.2, 0) is 0 Å². The zero-order chi connectivity index (χ0) is 11.9. The second kappa shape index (κ2) is 3.70. The SMILES string of the molecule is Cc1c(N)cnn1C1CN(C(=O)O)CC1C. The number of amides is 1. The van der Waals surface area contributed by atoms with Crippen molar-refractivity contribution in [1.82, 2.24) is 14.7 Å². The lowest BCUT2D eigenvalue weighted by Gasteiger charge is -2.16. The fourth-order valence-electron chi connectivity index (χ4n) is 2.20. The lowest BCUT2D eigenvalue weighted by molar-refractivity contribution is 0.153. The summed E-state index contributed by atoms with van der Waals surface area (Å²) in [7, 11) is 0. The summed E-state index contributed by atoms with van der Waals surface area (Å²) in [6.07, 6.45) is 0.748. The highest BCUT2D eigenvalue weighted by Gasteiger charge is 2.34. The second-order valence-corrected chi connectivity index (χ2v) is 4.36. The van der Waals surface area contributed by atoms with E-state index in [1.54, 1.807) is 6.20 Å². The van der Waals surface area contributed by atoms with Crippen LogP contribution in [-0.4, -0.2) is 39.0 Å². The van der Waals surface area contributed by atoms with Crippen molar-refractivity contribution in [1.29, 1.82) is 0 Å². The fraction of sp³-hybridized carbons (Fsp3) is 0.600. The molecule has 1 fully saturated rings. The number of nitrogen functional groups attached to an aromatic ring is 1. The molecule has 16 heavy (non-hydrogen) atoms. The van der Waals surface area contributed by atoms with Crippen molar-refractivity contribution in [2.45, 2.75) is 19.9 Å². The molecule has 1 aromatic rings. The Morgan fingerprint density at radius 1 is 1.62 bits per heavy atom. The minimum Gasteiger partial charge on any atom is -0.465 e. The standard InChI is InChI=1S/C10H16N4O2/c1-6-4-13(10(15)16)5-9(6)14-7(2)8(11)3-12-14/h3,6,9H,4-5,11H2,1-2H3,(H,15,16). The maximum atomic E-state index is 10.9. The molecule has 1 amide bonds. The first-order valence-corrected chi connectivity index (χ1v) is 5.28. The molecule has 0 spiro atoms. The van der Waals surface area contributed by atoms with Crippen LogP contribution in [0.25, 0.3) is 0 Å². The number of hydrogen-bond donors (Lipinski definition) is 2. The minimum atomic E-state index is -0.868. The third-order valence-electron chi connectivity index (χ3n) is 3.24. The highest BCUT2D eigenvalue weighted by Crippen LogP contribution is 2.29. The molecule has 0 radical (unpaired) electrons. The monoisotopic (exact) mass is 224 g/mol. The number of nitrogens with two attached hydrogens (primary N) is 1. The molecule has 0 bridgehead atoms. The predicted molar refractivity (Wildman–Crippen MR) is 59.2 cm³/mol. The number of anilines is 1. The van der Waals surface area contributed by atoms with Crippen LogP contribution >= 0.6 is 0 Å². The summed E-state index contributed by atoms with van der Waals surface area (Å²) in [5.74, 6) is 0.258. The average Bonchev–Trinajstić information content (AvgIpc) is 2.73. The van der Waals surface area contributed by atoms with Crippen LogP contribution in [0.5, 0.6) is 0 Å². The van der Waals surface area contributed by atoms with Gasteiger partial charge in [0.2, 0.25) is 0 Å². The summed E-state index contributed by atoms with van der Waals surface area (Å²) >= 11 is 0. The molecule has 0 saturated carbocycles. The molecule has 6 nitrogen and oxygen atoms in total. The Balaban J connectivity index is 2.23. The van der Waals surface area contributed by atoms with E-state index in [-0.39, 0.29) is 12.0 Å². The summed E-state index contributed by atoms with van der Waals surface area (Å²) in [5.41, 5.74) is 7.30. The van der Waals surface area contributed by atoms with E-state index in [1.807, 2.05) is 18.5 Å². The zero-order valence-electron chi connectivity index (χ0n) is 9.42. The second-order valence-electron chi connectivity index (χ2n) is 4.36. The van der Waals surface area contributed by atoms with Crippen LogP contribution < -0.4 is 5.73 Å². The molecule has 2 unspecified atom stereocenters. The topological polar surface area (TPSA) is 84.4 Å². The first kappa shape index (κ1) is 10.8. The van der Waals surface area contributed by atoms with Gasteiger partial charge in [-0.05, 0) is 12.8 Å². The maximum absolute atomic E-state index is 10.9. The molecular formula is C10H16N4O2. The van der Waals surface area contributed by atoms with Gasteiger partial charge in [0.25, 0.3) is 0 Å². The van der Waals surface area contributed by atoms with Crippen LogP contribution in [0.4, 0.5) is 10.5 Å². The molecule has 0 aromatic carbocycles. The summed E-state index contributed by atoms with van der Waals surface area (Å²) in [5, 5.41) is 13.2. The molecule has 0 aliphatic carbocycles. The number of likely N-dealkylation sites (tertiary alicyclic amines) is 1. The molecule has 1 aliphatic rings. The Bertz CT molecular complexity index is 415. The Morgan fingerprint density at radius 3 is 2.75 bits per heavy atom. The number of nitrogens with zero attached hydrogens (tertiary/aromatic N) is 3. The highest BCUT2D eigenvalue weighted by atomic mass is 16.4. The van der Waals surface area contributed by atoms with E-state index in [1.165, 1.54) is 4.90 Å². The summed E-state index contributed by atoms with van der Waals surface area (Å²) in [4.78, 5) is 12.3. The van der Waals surface area contributed by atoms with Gasteiger partial charge < -0.3 is 15.7 Å². The molecule has 1 aromatic heterocycles. The molecule has 2 heterocycles. The van der Waals surface area contributed by atoms with Crippen LogP contribution in [0.1, 0.15) is 18.7 Å². The Morgan fingerprint density at radius 2 is 2.31 bits per heavy atom. The lowest BCUT2D eigenvalue weighted by Crippen LogP contribution is -2.27. The Hall–Kier alpha value is -1.72. The molecule has 2 rings (SSSR count). The van der Waals surface area contributed by atoms with Crippen molar-refractivity contribution in [2.24, 2.45) is 5.92 Å². The van der Waals surface area contributed by atoms with Gasteiger partial charge in [-0.15, -0.1) is 0 Å².